The molecule has 3 N–H and O–H groups in total. The van der Waals surface area contributed by atoms with Gasteiger partial charge in [-0.05, 0) is 18.2 Å². The first-order valence-corrected chi connectivity index (χ1v) is 5.90. The van der Waals surface area contributed by atoms with Gasteiger partial charge in [-0.15, -0.1) is 0 Å². The maximum Gasteiger partial charge on any atom is 0.119 e. The first kappa shape index (κ1) is 12.6. The van der Waals surface area contributed by atoms with Gasteiger partial charge in [0.25, 0.3) is 0 Å². The molecule has 0 amide bonds. The van der Waals surface area contributed by atoms with Gasteiger partial charge in [0, 0.05) is 19.7 Å². The topological polar surface area (TPSA) is 65.1 Å². The molecule has 0 spiro atoms. The quantitative estimate of drug-likeness (QED) is 0.586. The molecule has 0 fully saturated rings. The summed E-state index contributed by atoms with van der Waals surface area (Å²) in [6.45, 7) is 0.511. The molecule has 1 heterocycles. The second kappa shape index (κ2) is 6.18. The fourth-order valence-corrected chi connectivity index (χ4v) is 1.70. The highest BCUT2D eigenvalue weighted by molar-refractivity contribution is 5.21. The molecule has 5 nitrogen and oxygen atoms in total. The molecule has 1 aromatic heterocycles. The molecule has 1 unspecified atom stereocenters. The van der Waals surface area contributed by atoms with Gasteiger partial charge in [-0.1, -0.05) is 18.2 Å². The molecule has 5 heteroatoms. The average molecular weight is 246 g/mol. The third-order valence-corrected chi connectivity index (χ3v) is 2.65. The van der Waals surface area contributed by atoms with Gasteiger partial charge in [-0.25, -0.2) is 0 Å². The van der Waals surface area contributed by atoms with Crippen LogP contribution in [0, 0.1) is 0 Å². The highest BCUT2D eigenvalue weighted by Crippen LogP contribution is 2.09. The summed E-state index contributed by atoms with van der Waals surface area (Å²) in [5.74, 6) is 6.37. The van der Waals surface area contributed by atoms with Crippen molar-refractivity contribution in [3.8, 4) is 5.75 Å². The molecule has 0 saturated heterocycles. The zero-order valence-corrected chi connectivity index (χ0v) is 10.4. The molecule has 0 radical (unpaired) electrons. The number of aryl methyl sites for hydroxylation is 1. The van der Waals surface area contributed by atoms with Gasteiger partial charge in [0.1, 0.15) is 12.4 Å². The first-order chi connectivity index (χ1) is 8.78. The Balaban J connectivity index is 1.86. The number of nitrogens with one attached hydrogen (secondary N) is 1. The van der Waals surface area contributed by atoms with Crippen molar-refractivity contribution in [2.45, 2.75) is 12.5 Å². The SMILES string of the molecule is Cn1ccc(CC(COc2ccccc2)NN)n1. The lowest BCUT2D eigenvalue weighted by atomic mass is 10.2. The number of ether oxygens (including phenoxy) is 1. The van der Waals surface area contributed by atoms with Crippen LogP contribution in [0.15, 0.2) is 42.6 Å². The van der Waals surface area contributed by atoms with E-state index in [1.54, 1.807) is 4.68 Å². The molecule has 2 rings (SSSR count). The van der Waals surface area contributed by atoms with Crippen LogP contribution in [0.5, 0.6) is 5.75 Å². The molecule has 18 heavy (non-hydrogen) atoms. The van der Waals surface area contributed by atoms with Gasteiger partial charge in [-0.2, -0.15) is 5.10 Å². The lowest BCUT2D eigenvalue weighted by molar-refractivity contribution is 0.263. The molecule has 1 aromatic carbocycles. The van der Waals surface area contributed by atoms with Gasteiger partial charge in [0.2, 0.25) is 0 Å². The van der Waals surface area contributed by atoms with Crippen LogP contribution in [0.25, 0.3) is 0 Å². The Morgan fingerprint density at radius 3 is 2.72 bits per heavy atom. The van der Waals surface area contributed by atoms with E-state index in [2.05, 4.69) is 10.5 Å². The second-order valence-electron chi connectivity index (χ2n) is 4.17. The maximum absolute atomic E-state index is 5.66. The normalized spacial score (nSPS) is 12.3. The largest absolute Gasteiger partial charge is 0.492 e. The molecule has 0 bridgehead atoms. The molecule has 0 aliphatic rings. The number of hydrogen-bond donors (Lipinski definition) is 2. The van der Waals surface area contributed by atoms with Crippen molar-refractivity contribution in [1.29, 1.82) is 0 Å². The standard InChI is InChI=1S/C13H18N4O/c1-17-8-7-11(16-17)9-12(15-14)10-18-13-5-3-2-4-6-13/h2-8,12,15H,9-10,14H2,1H3. The summed E-state index contributed by atoms with van der Waals surface area (Å²) in [5, 5.41) is 4.32. The van der Waals surface area contributed by atoms with E-state index in [4.69, 9.17) is 10.6 Å². The van der Waals surface area contributed by atoms with Crippen LogP contribution in [0.1, 0.15) is 5.69 Å². The molecule has 96 valence electrons. The summed E-state index contributed by atoms with van der Waals surface area (Å²) in [6, 6.07) is 11.7. The predicted octanol–water partition coefficient (Wildman–Crippen LogP) is 0.873. The highest BCUT2D eigenvalue weighted by atomic mass is 16.5. The third-order valence-electron chi connectivity index (χ3n) is 2.65. The lowest BCUT2D eigenvalue weighted by Gasteiger charge is -2.15. The Morgan fingerprint density at radius 2 is 2.11 bits per heavy atom. The number of benzene rings is 1. The smallest absolute Gasteiger partial charge is 0.119 e. The second-order valence-corrected chi connectivity index (χ2v) is 4.17. The maximum atomic E-state index is 5.66. The minimum Gasteiger partial charge on any atom is -0.492 e. The van der Waals surface area contributed by atoms with Crippen LogP contribution >= 0.6 is 0 Å². The fraction of sp³-hybridized carbons (Fsp3) is 0.308. The van der Waals surface area contributed by atoms with Gasteiger partial charge >= 0.3 is 0 Å². The Kier molecular flexibility index (Phi) is 4.33. The van der Waals surface area contributed by atoms with E-state index in [9.17, 15) is 0 Å². The van der Waals surface area contributed by atoms with Crippen molar-refractivity contribution < 1.29 is 4.74 Å². The lowest BCUT2D eigenvalue weighted by Crippen LogP contribution is -2.41. The number of hydrogen-bond acceptors (Lipinski definition) is 4. The van der Waals surface area contributed by atoms with Crippen LogP contribution in [0.2, 0.25) is 0 Å². The minimum atomic E-state index is 0.0418. The number of nitrogens with two attached hydrogens (primary N) is 1. The van der Waals surface area contributed by atoms with E-state index in [1.165, 1.54) is 0 Å². The third kappa shape index (κ3) is 3.58. The van der Waals surface area contributed by atoms with Gasteiger partial charge in [0.05, 0.1) is 11.7 Å². The molecule has 0 aliphatic heterocycles. The summed E-state index contributed by atoms with van der Waals surface area (Å²) in [4.78, 5) is 0. The van der Waals surface area contributed by atoms with Crippen molar-refractivity contribution >= 4 is 0 Å². The zero-order valence-electron chi connectivity index (χ0n) is 10.4. The molecular weight excluding hydrogens is 228 g/mol. The monoisotopic (exact) mass is 246 g/mol. The van der Waals surface area contributed by atoms with Crippen LogP contribution < -0.4 is 16.0 Å². The van der Waals surface area contributed by atoms with Crippen molar-refractivity contribution in [3.63, 3.8) is 0 Å². The minimum absolute atomic E-state index is 0.0418. The number of aromatic nitrogens is 2. The van der Waals surface area contributed by atoms with E-state index in [0.29, 0.717) is 6.61 Å². The number of hydrazine groups is 1. The Hall–Kier alpha value is -1.85. The van der Waals surface area contributed by atoms with Crippen LogP contribution in [0.4, 0.5) is 0 Å². The first-order valence-electron chi connectivity index (χ1n) is 5.90. The molecular formula is C13H18N4O. The highest BCUT2D eigenvalue weighted by Gasteiger charge is 2.10. The van der Waals surface area contributed by atoms with E-state index in [0.717, 1.165) is 17.9 Å². The summed E-state index contributed by atoms with van der Waals surface area (Å²) >= 11 is 0. The Bertz CT molecular complexity index is 469. The Morgan fingerprint density at radius 1 is 1.33 bits per heavy atom. The van der Waals surface area contributed by atoms with E-state index in [-0.39, 0.29) is 6.04 Å². The van der Waals surface area contributed by atoms with E-state index in [1.807, 2.05) is 49.6 Å². The summed E-state index contributed by atoms with van der Waals surface area (Å²) in [5.41, 5.74) is 3.75. The number of para-hydroxylation sites is 1. The zero-order chi connectivity index (χ0) is 12.8. The van der Waals surface area contributed by atoms with Crippen molar-refractivity contribution in [1.82, 2.24) is 15.2 Å². The summed E-state index contributed by atoms with van der Waals surface area (Å²) < 4.78 is 7.44. The van der Waals surface area contributed by atoms with Crippen molar-refractivity contribution in [2.24, 2.45) is 12.9 Å². The van der Waals surface area contributed by atoms with Gasteiger partial charge in [0.15, 0.2) is 0 Å². The molecule has 1 atom stereocenters. The summed E-state index contributed by atoms with van der Waals surface area (Å²) in [7, 11) is 1.90. The van der Waals surface area contributed by atoms with E-state index >= 15 is 0 Å². The molecule has 2 aromatic rings. The number of rotatable bonds is 6. The van der Waals surface area contributed by atoms with Crippen LogP contribution in [-0.4, -0.2) is 22.4 Å². The van der Waals surface area contributed by atoms with Crippen LogP contribution in [0.3, 0.4) is 0 Å². The predicted molar refractivity (Wildman–Crippen MR) is 70.0 cm³/mol. The van der Waals surface area contributed by atoms with E-state index < -0.39 is 0 Å². The Labute approximate surface area is 107 Å². The summed E-state index contributed by atoms with van der Waals surface area (Å²) in [6.07, 6.45) is 2.66. The van der Waals surface area contributed by atoms with Crippen molar-refractivity contribution in [3.05, 3.63) is 48.3 Å². The van der Waals surface area contributed by atoms with Crippen molar-refractivity contribution in [2.75, 3.05) is 6.61 Å². The molecule has 0 aliphatic carbocycles. The fourth-order valence-electron chi connectivity index (χ4n) is 1.70. The van der Waals surface area contributed by atoms with Crippen LogP contribution in [-0.2, 0) is 13.5 Å². The molecule has 0 saturated carbocycles. The number of nitrogens with zero attached hydrogens (tertiary/aromatic N) is 2. The average Bonchev–Trinajstić information content (AvgIpc) is 2.81. The van der Waals surface area contributed by atoms with Gasteiger partial charge in [-0.3, -0.25) is 16.0 Å². The van der Waals surface area contributed by atoms with Gasteiger partial charge < -0.3 is 4.74 Å².